The van der Waals surface area contributed by atoms with Crippen LogP contribution in [0.3, 0.4) is 0 Å². The summed E-state index contributed by atoms with van der Waals surface area (Å²) in [6, 6.07) is 97.0. The molecular formula is C64H44N2. The molecule has 66 heavy (non-hydrogen) atoms. The first-order chi connectivity index (χ1) is 32.7. The van der Waals surface area contributed by atoms with Gasteiger partial charge in [-0.05, 0) is 133 Å². The highest BCUT2D eigenvalue weighted by Gasteiger charge is 2.21. The number of para-hydroxylation sites is 2. The number of hydrogen-bond donors (Lipinski definition) is 0. The van der Waals surface area contributed by atoms with E-state index in [1.54, 1.807) is 0 Å². The number of rotatable bonds is 9. The van der Waals surface area contributed by atoms with Crippen LogP contribution in [-0.4, -0.2) is 4.57 Å². The standard InChI is InChI=1S/C64H44N2/c1-3-19-46(20-4-1)56-28-9-10-31-61(56)64-57(47-21-5-2-6-22-47)32-17-33-58(64)51-25-16-27-55(44-51)65(54-26-15-24-49(43-54)50-37-36-45-18-7-8-23-48(45)42-50)52-38-40-53(41-39-52)66-62-34-13-11-29-59(62)60-30-12-14-35-63(60)66/h1-44H. The number of aromatic nitrogens is 1. The molecule has 0 aliphatic heterocycles. The average molecular weight is 841 g/mol. The van der Waals surface area contributed by atoms with Crippen molar-refractivity contribution in [3.8, 4) is 61.3 Å². The Labute approximate surface area is 385 Å². The summed E-state index contributed by atoms with van der Waals surface area (Å²) in [6.45, 7) is 0. The Hall–Kier alpha value is -8.72. The number of anilines is 3. The van der Waals surface area contributed by atoms with Crippen LogP contribution in [0.4, 0.5) is 17.1 Å². The average Bonchev–Trinajstić information content (AvgIpc) is 3.74. The summed E-state index contributed by atoms with van der Waals surface area (Å²) in [5, 5.41) is 4.97. The maximum Gasteiger partial charge on any atom is 0.0541 e. The van der Waals surface area contributed by atoms with Crippen LogP contribution in [0, 0.1) is 0 Å². The summed E-state index contributed by atoms with van der Waals surface area (Å²) in [6.07, 6.45) is 0. The lowest BCUT2D eigenvalue weighted by molar-refractivity contribution is 1.17. The van der Waals surface area contributed by atoms with Crippen molar-refractivity contribution < 1.29 is 0 Å². The van der Waals surface area contributed by atoms with Gasteiger partial charge in [-0.25, -0.2) is 0 Å². The van der Waals surface area contributed by atoms with E-state index in [1.165, 1.54) is 77.1 Å². The van der Waals surface area contributed by atoms with E-state index in [2.05, 4.69) is 276 Å². The Morgan fingerprint density at radius 3 is 1.41 bits per heavy atom. The molecule has 0 atom stereocenters. The van der Waals surface area contributed by atoms with Crippen LogP contribution >= 0.6 is 0 Å². The summed E-state index contributed by atoms with van der Waals surface area (Å²) in [5.41, 5.74) is 18.6. The quantitative estimate of drug-likeness (QED) is 0.141. The molecule has 11 aromatic carbocycles. The van der Waals surface area contributed by atoms with Crippen molar-refractivity contribution in [3.63, 3.8) is 0 Å². The molecule has 12 aromatic rings. The van der Waals surface area contributed by atoms with Crippen molar-refractivity contribution in [2.24, 2.45) is 0 Å². The molecule has 0 aliphatic carbocycles. The first-order valence-electron chi connectivity index (χ1n) is 22.7. The van der Waals surface area contributed by atoms with E-state index in [9.17, 15) is 0 Å². The monoisotopic (exact) mass is 840 g/mol. The molecule has 1 aromatic heterocycles. The first kappa shape index (κ1) is 38.9. The van der Waals surface area contributed by atoms with E-state index in [4.69, 9.17) is 0 Å². The maximum absolute atomic E-state index is 2.41. The van der Waals surface area contributed by atoms with E-state index in [0.29, 0.717) is 0 Å². The summed E-state index contributed by atoms with van der Waals surface area (Å²) >= 11 is 0. The molecule has 0 saturated heterocycles. The Morgan fingerprint density at radius 2 is 0.727 bits per heavy atom. The highest BCUT2D eigenvalue weighted by atomic mass is 15.1. The SMILES string of the molecule is c1ccc(-c2ccccc2-c2c(-c3ccccc3)cccc2-c2cccc(N(c3ccc(-n4c5ccccc5c5ccccc54)cc3)c3cccc(-c4ccc5ccccc5c4)c3)c2)cc1. The van der Waals surface area contributed by atoms with Gasteiger partial charge in [0.1, 0.15) is 0 Å². The van der Waals surface area contributed by atoms with Crippen molar-refractivity contribution in [1.82, 2.24) is 4.57 Å². The molecule has 0 aliphatic rings. The van der Waals surface area contributed by atoms with Crippen molar-refractivity contribution in [1.29, 1.82) is 0 Å². The minimum atomic E-state index is 1.07. The van der Waals surface area contributed by atoms with Gasteiger partial charge in [0.15, 0.2) is 0 Å². The normalized spacial score (nSPS) is 11.3. The summed E-state index contributed by atoms with van der Waals surface area (Å²) < 4.78 is 2.38. The van der Waals surface area contributed by atoms with Gasteiger partial charge in [0, 0.05) is 33.5 Å². The molecule has 0 unspecified atom stereocenters. The molecule has 0 bridgehead atoms. The number of fused-ring (bicyclic) bond motifs is 4. The molecule has 12 rings (SSSR count). The summed E-state index contributed by atoms with van der Waals surface area (Å²) in [4.78, 5) is 2.41. The minimum absolute atomic E-state index is 1.07. The van der Waals surface area contributed by atoms with Crippen LogP contribution in [0.15, 0.2) is 267 Å². The molecular weight excluding hydrogens is 797 g/mol. The van der Waals surface area contributed by atoms with Crippen LogP contribution in [-0.2, 0) is 0 Å². The van der Waals surface area contributed by atoms with Gasteiger partial charge in [-0.2, -0.15) is 0 Å². The van der Waals surface area contributed by atoms with Crippen LogP contribution in [0.2, 0.25) is 0 Å². The molecule has 0 fully saturated rings. The molecule has 2 heteroatoms. The van der Waals surface area contributed by atoms with Gasteiger partial charge in [0.05, 0.1) is 11.0 Å². The Morgan fingerprint density at radius 1 is 0.258 bits per heavy atom. The van der Waals surface area contributed by atoms with E-state index in [1.807, 2.05) is 0 Å². The largest absolute Gasteiger partial charge is 0.310 e. The van der Waals surface area contributed by atoms with Gasteiger partial charge >= 0.3 is 0 Å². The van der Waals surface area contributed by atoms with Gasteiger partial charge in [0.2, 0.25) is 0 Å². The van der Waals surface area contributed by atoms with E-state index in [-0.39, 0.29) is 0 Å². The second kappa shape index (κ2) is 16.8. The molecule has 0 amide bonds. The predicted molar refractivity (Wildman–Crippen MR) is 280 cm³/mol. The predicted octanol–water partition coefficient (Wildman–Crippen LogP) is 17.7. The van der Waals surface area contributed by atoms with E-state index < -0.39 is 0 Å². The second-order valence-electron chi connectivity index (χ2n) is 16.9. The fourth-order valence-electron chi connectivity index (χ4n) is 9.92. The second-order valence-corrected chi connectivity index (χ2v) is 16.9. The molecule has 0 radical (unpaired) electrons. The third kappa shape index (κ3) is 7.02. The maximum atomic E-state index is 2.41. The highest BCUT2D eigenvalue weighted by molar-refractivity contribution is 6.09. The molecule has 1 heterocycles. The summed E-state index contributed by atoms with van der Waals surface area (Å²) in [7, 11) is 0. The lowest BCUT2D eigenvalue weighted by atomic mass is 9.84. The van der Waals surface area contributed by atoms with E-state index in [0.717, 1.165) is 33.9 Å². The van der Waals surface area contributed by atoms with Crippen molar-refractivity contribution in [3.05, 3.63) is 267 Å². The highest BCUT2D eigenvalue weighted by Crippen LogP contribution is 2.46. The van der Waals surface area contributed by atoms with Gasteiger partial charge in [-0.3, -0.25) is 0 Å². The van der Waals surface area contributed by atoms with Gasteiger partial charge in [0.25, 0.3) is 0 Å². The van der Waals surface area contributed by atoms with Crippen molar-refractivity contribution in [2.75, 3.05) is 4.90 Å². The molecule has 0 N–H and O–H groups in total. The fraction of sp³-hybridized carbons (Fsp3) is 0. The van der Waals surface area contributed by atoms with Crippen molar-refractivity contribution >= 4 is 49.6 Å². The van der Waals surface area contributed by atoms with E-state index >= 15 is 0 Å². The summed E-state index contributed by atoms with van der Waals surface area (Å²) in [5.74, 6) is 0. The topological polar surface area (TPSA) is 8.17 Å². The Balaban J connectivity index is 1.04. The van der Waals surface area contributed by atoms with Crippen LogP contribution in [0.5, 0.6) is 0 Å². The van der Waals surface area contributed by atoms with Gasteiger partial charge in [-0.15, -0.1) is 0 Å². The van der Waals surface area contributed by atoms with Crippen LogP contribution < -0.4 is 4.90 Å². The zero-order valence-electron chi connectivity index (χ0n) is 36.3. The molecule has 310 valence electrons. The molecule has 2 nitrogen and oxygen atoms in total. The molecule has 0 saturated carbocycles. The van der Waals surface area contributed by atoms with Crippen molar-refractivity contribution in [2.45, 2.75) is 0 Å². The Bertz CT molecular complexity index is 3640. The number of hydrogen-bond acceptors (Lipinski definition) is 1. The number of nitrogens with zero attached hydrogens (tertiary/aromatic N) is 2. The van der Waals surface area contributed by atoms with Crippen LogP contribution in [0.1, 0.15) is 0 Å². The van der Waals surface area contributed by atoms with Gasteiger partial charge in [-0.1, -0.05) is 200 Å². The molecule has 0 spiro atoms. The zero-order chi connectivity index (χ0) is 43.8. The lowest BCUT2D eigenvalue weighted by Gasteiger charge is -2.27. The van der Waals surface area contributed by atoms with Gasteiger partial charge < -0.3 is 9.47 Å². The zero-order valence-corrected chi connectivity index (χ0v) is 36.3. The third-order valence-electron chi connectivity index (χ3n) is 13.0. The minimum Gasteiger partial charge on any atom is -0.310 e. The number of benzene rings is 11. The lowest BCUT2D eigenvalue weighted by Crippen LogP contribution is -2.10. The smallest absolute Gasteiger partial charge is 0.0541 e. The third-order valence-corrected chi connectivity index (χ3v) is 13.0. The fourth-order valence-corrected chi connectivity index (χ4v) is 9.92. The Kier molecular flexibility index (Phi) is 9.89. The van der Waals surface area contributed by atoms with Crippen LogP contribution in [0.25, 0.3) is 93.9 Å². The first-order valence-corrected chi connectivity index (χ1v) is 22.7.